The van der Waals surface area contributed by atoms with Gasteiger partial charge in [0.2, 0.25) is 0 Å². The molecular formula is C14H19ClO10. The van der Waals surface area contributed by atoms with Crippen LogP contribution in [0.2, 0.25) is 0 Å². The molecule has 25 heavy (non-hydrogen) atoms. The Morgan fingerprint density at radius 3 is 1.96 bits per heavy atom. The number of rotatable bonds is 6. The lowest BCUT2D eigenvalue weighted by Gasteiger charge is -2.42. The standard InChI is InChI=1S/C14H19ClO10/c1-6(16)21-5-9-11(22-7(2)17)12(23-8(3)18)13(14(20)24-9)25-10(19)4-15/h9,11-14,20H,4-5H2,1-3H3/t9-,11+,12+,13-,14-/m1/s1. The van der Waals surface area contributed by atoms with E-state index in [2.05, 4.69) is 0 Å². The van der Waals surface area contributed by atoms with Gasteiger partial charge in [-0.2, -0.15) is 0 Å². The molecule has 0 saturated carbocycles. The van der Waals surface area contributed by atoms with Gasteiger partial charge in [0.15, 0.2) is 24.6 Å². The molecule has 1 rings (SSSR count). The van der Waals surface area contributed by atoms with Crippen molar-refractivity contribution < 1.29 is 48.0 Å². The monoisotopic (exact) mass is 382 g/mol. The van der Waals surface area contributed by atoms with Crippen LogP contribution in [0.5, 0.6) is 0 Å². The van der Waals surface area contributed by atoms with Crippen molar-refractivity contribution in [3.05, 3.63) is 0 Å². The Hall–Kier alpha value is -1.91. The van der Waals surface area contributed by atoms with Gasteiger partial charge < -0.3 is 28.8 Å². The Balaban J connectivity index is 3.12. The molecule has 1 N–H and O–H groups in total. The van der Waals surface area contributed by atoms with E-state index in [-0.39, 0.29) is 0 Å². The number of ether oxygens (including phenoxy) is 5. The molecule has 10 nitrogen and oxygen atoms in total. The van der Waals surface area contributed by atoms with Crippen LogP contribution in [0.4, 0.5) is 0 Å². The molecule has 0 unspecified atom stereocenters. The van der Waals surface area contributed by atoms with Gasteiger partial charge in [0.1, 0.15) is 18.6 Å². The van der Waals surface area contributed by atoms with Gasteiger partial charge in [0, 0.05) is 20.8 Å². The topological polar surface area (TPSA) is 135 Å². The molecule has 0 aromatic heterocycles. The van der Waals surface area contributed by atoms with Gasteiger partial charge in [-0.15, -0.1) is 11.6 Å². The fourth-order valence-corrected chi connectivity index (χ4v) is 2.26. The smallest absolute Gasteiger partial charge is 0.321 e. The highest BCUT2D eigenvalue weighted by molar-refractivity contribution is 6.26. The van der Waals surface area contributed by atoms with E-state index in [1.807, 2.05) is 0 Å². The SMILES string of the molecule is CC(=O)OC[C@H]1O[C@@H](O)[C@H](OC(=O)CCl)[C@@H](OC(C)=O)[C@H]1OC(C)=O. The van der Waals surface area contributed by atoms with Crippen molar-refractivity contribution in [3.63, 3.8) is 0 Å². The van der Waals surface area contributed by atoms with E-state index in [1.165, 1.54) is 0 Å². The molecule has 5 atom stereocenters. The lowest BCUT2D eigenvalue weighted by atomic mass is 9.98. The van der Waals surface area contributed by atoms with Crippen LogP contribution in [0.3, 0.4) is 0 Å². The van der Waals surface area contributed by atoms with E-state index in [9.17, 15) is 24.3 Å². The minimum atomic E-state index is -1.73. The molecule has 0 aliphatic carbocycles. The van der Waals surface area contributed by atoms with E-state index in [1.54, 1.807) is 0 Å². The molecule has 0 aromatic rings. The molecule has 0 spiro atoms. The Morgan fingerprint density at radius 2 is 1.48 bits per heavy atom. The van der Waals surface area contributed by atoms with Crippen molar-refractivity contribution in [2.24, 2.45) is 0 Å². The minimum Gasteiger partial charge on any atom is -0.463 e. The summed E-state index contributed by atoms with van der Waals surface area (Å²) in [7, 11) is 0. The van der Waals surface area contributed by atoms with Gasteiger partial charge in [0.25, 0.3) is 0 Å². The highest BCUT2D eigenvalue weighted by Gasteiger charge is 2.51. The van der Waals surface area contributed by atoms with Crippen LogP contribution in [0.25, 0.3) is 0 Å². The largest absolute Gasteiger partial charge is 0.463 e. The Labute approximate surface area is 148 Å². The number of halogens is 1. The van der Waals surface area contributed by atoms with Crippen molar-refractivity contribution in [1.29, 1.82) is 0 Å². The highest BCUT2D eigenvalue weighted by atomic mass is 35.5. The van der Waals surface area contributed by atoms with Crippen molar-refractivity contribution in [3.8, 4) is 0 Å². The number of hydrogen-bond donors (Lipinski definition) is 1. The highest BCUT2D eigenvalue weighted by Crippen LogP contribution is 2.28. The summed E-state index contributed by atoms with van der Waals surface area (Å²) < 4.78 is 25.1. The van der Waals surface area contributed by atoms with Gasteiger partial charge in [-0.05, 0) is 0 Å². The third-order valence-electron chi connectivity index (χ3n) is 3.04. The molecule has 1 heterocycles. The first-order chi connectivity index (χ1) is 11.6. The summed E-state index contributed by atoms with van der Waals surface area (Å²) in [5.41, 5.74) is 0. The summed E-state index contributed by atoms with van der Waals surface area (Å²) in [5, 5.41) is 10.1. The lowest BCUT2D eigenvalue weighted by Crippen LogP contribution is -2.62. The van der Waals surface area contributed by atoms with Gasteiger partial charge >= 0.3 is 23.9 Å². The summed E-state index contributed by atoms with van der Waals surface area (Å²) >= 11 is 5.36. The average Bonchev–Trinajstić information content (AvgIpc) is 2.50. The molecule has 1 fully saturated rings. The zero-order valence-corrected chi connectivity index (χ0v) is 14.6. The van der Waals surface area contributed by atoms with Gasteiger partial charge in [-0.25, -0.2) is 0 Å². The predicted octanol–water partition coefficient (Wildman–Crippen LogP) is -0.719. The summed E-state index contributed by atoms with van der Waals surface area (Å²) in [5.74, 6) is -3.61. The summed E-state index contributed by atoms with van der Waals surface area (Å²) in [6, 6.07) is 0. The van der Waals surface area contributed by atoms with E-state index in [4.69, 9.17) is 35.3 Å². The fourth-order valence-electron chi connectivity index (χ4n) is 2.20. The molecule has 1 aliphatic rings. The van der Waals surface area contributed by atoms with Crippen molar-refractivity contribution in [2.45, 2.75) is 51.5 Å². The predicted molar refractivity (Wildman–Crippen MR) is 79.2 cm³/mol. The van der Waals surface area contributed by atoms with Crippen LogP contribution in [-0.2, 0) is 42.9 Å². The van der Waals surface area contributed by atoms with Gasteiger partial charge in [0.05, 0.1) is 0 Å². The summed E-state index contributed by atoms with van der Waals surface area (Å²) in [6.45, 7) is 2.93. The maximum Gasteiger partial charge on any atom is 0.321 e. The molecular weight excluding hydrogens is 364 g/mol. The first-order valence-corrected chi connectivity index (χ1v) is 7.76. The summed E-state index contributed by atoms with van der Waals surface area (Å²) in [6.07, 6.45) is -7.06. The molecule has 1 aliphatic heterocycles. The van der Waals surface area contributed by atoms with Crippen LogP contribution in [-0.4, -0.2) is 72.2 Å². The quantitative estimate of drug-likeness (QED) is 0.356. The van der Waals surface area contributed by atoms with Gasteiger partial charge in [-0.3, -0.25) is 19.2 Å². The molecule has 142 valence electrons. The Bertz CT molecular complexity index is 522. The van der Waals surface area contributed by atoms with Crippen molar-refractivity contribution in [2.75, 3.05) is 12.5 Å². The number of aliphatic hydroxyl groups excluding tert-OH is 1. The van der Waals surface area contributed by atoms with Crippen molar-refractivity contribution >= 4 is 35.5 Å². The molecule has 11 heteroatoms. The summed E-state index contributed by atoms with van der Waals surface area (Å²) in [4.78, 5) is 45.2. The second-order valence-electron chi connectivity index (χ2n) is 5.10. The number of carbonyl (C=O) groups excluding carboxylic acids is 4. The number of aliphatic hydroxyl groups is 1. The zero-order valence-electron chi connectivity index (χ0n) is 13.8. The molecule has 0 aromatic carbocycles. The fraction of sp³-hybridized carbons (Fsp3) is 0.714. The van der Waals surface area contributed by atoms with E-state index in [0.717, 1.165) is 20.8 Å². The molecule has 1 saturated heterocycles. The average molecular weight is 383 g/mol. The zero-order chi connectivity index (χ0) is 19.1. The Kier molecular flexibility index (Phi) is 8.07. The van der Waals surface area contributed by atoms with Crippen LogP contribution in [0, 0.1) is 0 Å². The number of esters is 4. The van der Waals surface area contributed by atoms with Crippen LogP contribution in [0.1, 0.15) is 20.8 Å². The first kappa shape index (κ1) is 21.1. The lowest BCUT2D eigenvalue weighted by molar-refractivity contribution is -0.296. The number of hydrogen-bond acceptors (Lipinski definition) is 10. The van der Waals surface area contributed by atoms with Gasteiger partial charge in [-0.1, -0.05) is 0 Å². The normalized spacial score (nSPS) is 28.6. The third kappa shape index (κ3) is 6.48. The first-order valence-electron chi connectivity index (χ1n) is 7.22. The van der Waals surface area contributed by atoms with E-state index < -0.39 is 67.1 Å². The minimum absolute atomic E-state index is 0.391. The van der Waals surface area contributed by atoms with Crippen molar-refractivity contribution in [1.82, 2.24) is 0 Å². The van der Waals surface area contributed by atoms with Crippen LogP contribution < -0.4 is 0 Å². The molecule has 0 amide bonds. The number of carbonyl (C=O) groups is 4. The second-order valence-corrected chi connectivity index (χ2v) is 5.37. The Morgan fingerprint density at radius 1 is 0.920 bits per heavy atom. The number of alkyl halides is 1. The van der Waals surface area contributed by atoms with Crippen LogP contribution in [0.15, 0.2) is 0 Å². The molecule has 0 bridgehead atoms. The maximum atomic E-state index is 11.4. The van der Waals surface area contributed by atoms with E-state index >= 15 is 0 Å². The molecule has 0 radical (unpaired) electrons. The second kappa shape index (κ2) is 9.54. The van der Waals surface area contributed by atoms with E-state index in [0.29, 0.717) is 0 Å². The maximum absolute atomic E-state index is 11.4. The third-order valence-corrected chi connectivity index (χ3v) is 3.26. The van der Waals surface area contributed by atoms with Crippen LogP contribution >= 0.6 is 11.6 Å².